The number of anilines is 1. The highest BCUT2D eigenvalue weighted by molar-refractivity contribution is 5.76. The standard InChI is InChI=1S/C21H15N5O/c27-21-18(14-8-2-1-3-9-14)25-26-19(24-21)15-10-4-5-11-16(15)23-20(26)17-12-6-7-13-22-17/h1-13,20,23H. The number of para-hydroxylation sites is 1. The van der Waals surface area contributed by atoms with Gasteiger partial charge in [0.25, 0.3) is 5.56 Å². The monoisotopic (exact) mass is 353 g/mol. The second-order valence-corrected chi connectivity index (χ2v) is 6.25. The van der Waals surface area contributed by atoms with Crippen LogP contribution in [0, 0.1) is 0 Å². The fourth-order valence-electron chi connectivity index (χ4n) is 3.29. The van der Waals surface area contributed by atoms with Gasteiger partial charge in [-0.05, 0) is 24.3 Å². The van der Waals surface area contributed by atoms with E-state index in [-0.39, 0.29) is 11.7 Å². The fraction of sp³-hybridized carbons (Fsp3) is 0.0476. The topological polar surface area (TPSA) is 72.7 Å². The smallest absolute Gasteiger partial charge is 0.300 e. The predicted octanol–water partition coefficient (Wildman–Crippen LogP) is 3.34. The van der Waals surface area contributed by atoms with Crippen LogP contribution >= 0.6 is 0 Å². The molecule has 0 amide bonds. The lowest BCUT2D eigenvalue weighted by Gasteiger charge is -2.29. The molecule has 0 fully saturated rings. The number of rotatable bonds is 2. The Kier molecular flexibility index (Phi) is 3.53. The molecule has 6 nitrogen and oxygen atoms in total. The number of hydrogen-bond donors (Lipinski definition) is 1. The summed E-state index contributed by atoms with van der Waals surface area (Å²) < 4.78 is 1.74. The maximum Gasteiger partial charge on any atom is 0.300 e. The van der Waals surface area contributed by atoms with Crippen molar-refractivity contribution in [3.05, 3.63) is 95.0 Å². The van der Waals surface area contributed by atoms with Crippen molar-refractivity contribution in [3.63, 3.8) is 0 Å². The first-order valence-corrected chi connectivity index (χ1v) is 8.64. The van der Waals surface area contributed by atoms with Gasteiger partial charge in [-0.15, -0.1) is 0 Å². The van der Waals surface area contributed by atoms with E-state index in [0.29, 0.717) is 11.5 Å². The summed E-state index contributed by atoms with van der Waals surface area (Å²) in [6.45, 7) is 0. The molecular formula is C21H15N5O. The van der Waals surface area contributed by atoms with Crippen molar-refractivity contribution < 1.29 is 0 Å². The van der Waals surface area contributed by atoms with Gasteiger partial charge in [0, 0.05) is 23.0 Å². The van der Waals surface area contributed by atoms with Gasteiger partial charge < -0.3 is 5.32 Å². The summed E-state index contributed by atoms with van der Waals surface area (Å²) in [6.07, 6.45) is 1.39. The van der Waals surface area contributed by atoms with Crippen LogP contribution in [0.3, 0.4) is 0 Å². The zero-order valence-electron chi connectivity index (χ0n) is 14.3. The van der Waals surface area contributed by atoms with E-state index in [0.717, 1.165) is 22.5 Å². The molecule has 5 rings (SSSR count). The Bertz CT molecular complexity index is 1170. The van der Waals surface area contributed by atoms with Crippen LogP contribution in [0.4, 0.5) is 5.69 Å². The lowest BCUT2D eigenvalue weighted by molar-refractivity contribution is 0.538. The molecule has 1 N–H and O–H groups in total. The van der Waals surface area contributed by atoms with Crippen LogP contribution in [0.15, 0.2) is 83.8 Å². The summed E-state index contributed by atoms with van der Waals surface area (Å²) in [5.74, 6) is 0.532. The van der Waals surface area contributed by atoms with Gasteiger partial charge in [0.05, 0.1) is 5.69 Å². The van der Waals surface area contributed by atoms with Gasteiger partial charge in [0.1, 0.15) is 0 Å². The lowest BCUT2D eigenvalue weighted by Crippen LogP contribution is -2.32. The minimum Gasteiger partial charge on any atom is -0.358 e. The molecule has 130 valence electrons. The molecule has 1 unspecified atom stereocenters. The zero-order chi connectivity index (χ0) is 18.2. The summed E-state index contributed by atoms with van der Waals surface area (Å²) >= 11 is 0. The normalized spacial score (nSPS) is 14.7. The van der Waals surface area contributed by atoms with Crippen LogP contribution in [0.1, 0.15) is 11.9 Å². The Morgan fingerprint density at radius 1 is 0.889 bits per heavy atom. The van der Waals surface area contributed by atoms with E-state index >= 15 is 0 Å². The Morgan fingerprint density at radius 2 is 1.67 bits per heavy atom. The zero-order valence-corrected chi connectivity index (χ0v) is 14.3. The molecule has 1 aliphatic rings. The molecule has 27 heavy (non-hydrogen) atoms. The largest absolute Gasteiger partial charge is 0.358 e. The molecule has 0 saturated carbocycles. The predicted molar refractivity (Wildman–Crippen MR) is 103 cm³/mol. The Hall–Kier alpha value is -3.80. The highest BCUT2D eigenvalue weighted by Crippen LogP contribution is 2.35. The number of nitrogens with one attached hydrogen (secondary N) is 1. The highest BCUT2D eigenvalue weighted by atomic mass is 16.1. The van der Waals surface area contributed by atoms with E-state index in [1.54, 1.807) is 10.9 Å². The van der Waals surface area contributed by atoms with Crippen LogP contribution in [-0.4, -0.2) is 19.7 Å². The molecule has 2 aromatic carbocycles. The van der Waals surface area contributed by atoms with Crippen LogP contribution in [0.2, 0.25) is 0 Å². The maximum atomic E-state index is 12.7. The van der Waals surface area contributed by atoms with Gasteiger partial charge in [0.2, 0.25) is 0 Å². The van der Waals surface area contributed by atoms with Gasteiger partial charge in [-0.1, -0.05) is 48.5 Å². The van der Waals surface area contributed by atoms with Crippen molar-refractivity contribution in [1.82, 2.24) is 19.7 Å². The van der Waals surface area contributed by atoms with Gasteiger partial charge in [-0.2, -0.15) is 10.1 Å². The number of hydrogen-bond acceptors (Lipinski definition) is 5. The summed E-state index contributed by atoms with van der Waals surface area (Å²) in [5, 5.41) is 8.14. The summed E-state index contributed by atoms with van der Waals surface area (Å²) in [5.41, 5.74) is 3.25. The van der Waals surface area contributed by atoms with Crippen LogP contribution in [0.5, 0.6) is 0 Å². The third-order valence-corrected chi connectivity index (χ3v) is 4.55. The van der Waals surface area contributed by atoms with E-state index in [9.17, 15) is 4.79 Å². The molecule has 2 aromatic heterocycles. The molecule has 0 radical (unpaired) electrons. The third kappa shape index (κ3) is 2.58. The number of aromatic nitrogens is 4. The van der Waals surface area contributed by atoms with E-state index < -0.39 is 0 Å². The molecule has 0 saturated heterocycles. The van der Waals surface area contributed by atoms with E-state index in [2.05, 4.69) is 20.4 Å². The average Bonchev–Trinajstić information content (AvgIpc) is 2.74. The second kappa shape index (κ2) is 6.17. The number of pyridine rings is 1. The molecule has 0 bridgehead atoms. The Labute approximate surface area is 155 Å². The van der Waals surface area contributed by atoms with Crippen molar-refractivity contribution >= 4 is 5.69 Å². The SMILES string of the molecule is O=c1nc2n(nc1-c1ccccc1)C(c1ccccn1)Nc1ccccc1-2. The quantitative estimate of drug-likeness (QED) is 0.598. The second-order valence-electron chi connectivity index (χ2n) is 6.25. The summed E-state index contributed by atoms with van der Waals surface area (Å²) in [6, 6.07) is 22.9. The van der Waals surface area contributed by atoms with Crippen LogP contribution in [-0.2, 0) is 0 Å². The minimum absolute atomic E-state index is 0.321. The van der Waals surface area contributed by atoms with Crippen molar-refractivity contribution in [2.45, 2.75) is 6.17 Å². The number of benzene rings is 2. The van der Waals surface area contributed by atoms with Crippen molar-refractivity contribution in [3.8, 4) is 22.6 Å². The summed E-state index contributed by atoms with van der Waals surface area (Å²) in [4.78, 5) is 21.6. The first kappa shape index (κ1) is 15.5. The molecule has 1 aliphatic heterocycles. The number of fused-ring (bicyclic) bond motifs is 3. The van der Waals surface area contributed by atoms with Crippen molar-refractivity contribution in [2.24, 2.45) is 0 Å². The minimum atomic E-state index is -0.355. The van der Waals surface area contributed by atoms with Gasteiger partial charge in [0.15, 0.2) is 17.7 Å². The molecule has 3 heterocycles. The molecule has 4 aromatic rings. The van der Waals surface area contributed by atoms with E-state index in [4.69, 9.17) is 0 Å². The first-order chi connectivity index (χ1) is 13.3. The molecule has 0 spiro atoms. The van der Waals surface area contributed by atoms with Crippen LogP contribution in [0.25, 0.3) is 22.6 Å². The Balaban J connectivity index is 1.78. The lowest BCUT2D eigenvalue weighted by atomic mass is 10.1. The number of nitrogens with zero attached hydrogens (tertiary/aromatic N) is 4. The third-order valence-electron chi connectivity index (χ3n) is 4.55. The first-order valence-electron chi connectivity index (χ1n) is 8.64. The average molecular weight is 353 g/mol. The van der Waals surface area contributed by atoms with Gasteiger partial charge >= 0.3 is 0 Å². The Morgan fingerprint density at radius 3 is 2.48 bits per heavy atom. The molecular weight excluding hydrogens is 338 g/mol. The molecule has 0 aliphatic carbocycles. The van der Waals surface area contributed by atoms with Gasteiger partial charge in [-0.3, -0.25) is 9.78 Å². The van der Waals surface area contributed by atoms with E-state index in [1.807, 2.05) is 72.8 Å². The maximum absolute atomic E-state index is 12.7. The molecule has 6 heteroatoms. The fourth-order valence-corrected chi connectivity index (χ4v) is 3.29. The van der Waals surface area contributed by atoms with E-state index in [1.165, 1.54) is 0 Å². The van der Waals surface area contributed by atoms with Crippen molar-refractivity contribution in [1.29, 1.82) is 0 Å². The summed E-state index contributed by atoms with van der Waals surface area (Å²) in [7, 11) is 0. The van der Waals surface area contributed by atoms with Gasteiger partial charge in [-0.25, -0.2) is 4.68 Å². The molecule has 1 atom stereocenters. The highest BCUT2D eigenvalue weighted by Gasteiger charge is 2.28. The van der Waals surface area contributed by atoms with Crippen molar-refractivity contribution in [2.75, 3.05) is 5.32 Å². The van der Waals surface area contributed by atoms with Crippen LogP contribution < -0.4 is 10.9 Å².